The van der Waals surface area contributed by atoms with Crippen molar-refractivity contribution < 1.29 is 4.79 Å². The van der Waals surface area contributed by atoms with Crippen molar-refractivity contribution in [2.75, 3.05) is 76.9 Å². The largest absolute Gasteiger partial charge is 0.369 e. The minimum atomic E-state index is -0.0776. The van der Waals surface area contributed by atoms with E-state index in [1.807, 2.05) is 32.0 Å². The molecule has 0 atom stereocenters. The van der Waals surface area contributed by atoms with Crippen LogP contribution >= 0.6 is 0 Å². The number of likely N-dealkylation sites (tertiary alicyclic amines) is 2. The third kappa shape index (κ3) is 15.6. The third-order valence-electron chi connectivity index (χ3n) is 12.4. The summed E-state index contributed by atoms with van der Waals surface area (Å²) >= 11 is 0. The first-order valence-corrected chi connectivity index (χ1v) is 23.5. The van der Waals surface area contributed by atoms with Crippen molar-refractivity contribution >= 4 is 11.6 Å². The molecular weight excluding hydrogens is 713 g/mol. The van der Waals surface area contributed by atoms with Gasteiger partial charge >= 0.3 is 0 Å². The fraction of sp³-hybridized carbons (Fsp3) is 0.608. The molecule has 0 bridgehead atoms. The second-order valence-corrected chi connectivity index (χ2v) is 17.2. The van der Waals surface area contributed by atoms with E-state index in [4.69, 9.17) is 4.98 Å². The minimum absolute atomic E-state index is 0.0776. The first kappa shape index (κ1) is 45.6. The van der Waals surface area contributed by atoms with Crippen LogP contribution in [0.5, 0.6) is 0 Å². The minimum Gasteiger partial charge on any atom is -0.369 e. The van der Waals surface area contributed by atoms with E-state index >= 15 is 0 Å². The normalized spacial score (nSPS) is 18.1. The van der Waals surface area contributed by atoms with Crippen LogP contribution in [0.4, 0.5) is 5.69 Å². The van der Waals surface area contributed by atoms with Crippen LogP contribution in [0.25, 0.3) is 11.3 Å². The fourth-order valence-corrected chi connectivity index (χ4v) is 8.81. The van der Waals surface area contributed by atoms with Gasteiger partial charge in [0.25, 0.3) is 5.91 Å². The van der Waals surface area contributed by atoms with Crippen LogP contribution in [0.1, 0.15) is 127 Å². The molecule has 0 unspecified atom stereocenters. The van der Waals surface area contributed by atoms with Crippen LogP contribution in [-0.4, -0.2) is 104 Å². The fourth-order valence-electron chi connectivity index (χ4n) is 8.81. The molecule has 1 saturated carbocycles. The lowest BCUT2D eigenvalue weighted by molar-refractivity contribution is 0.0901. The highest BCUT2D eigenvalue weighted by Gasteiger charge is 2.25. The lowest BCUT2D eigenvalue weighted by Gasteiger charge is -2.40. The van der Waals surface area contributed by atoms with Gasteiger partial charge in [-0.05, 0) is 152 Å². The number of piperazine rings is 1. The number of benzene rings is 2. The molecule has 3 aliphatic heterocycles. The van der Waals surface area contributed by atoms with Crippen LogP contribution in [0.2, 0.25) is 0 Å². The Morgan fingerprint density at radius 2 is 1.41 bits per heavy atom. The molecule has 0 radical (unpaired) electrons. The van der Waals surface area contributed by atoms with E-state index in [9.17, 15) is 4.79 Å². The summed E-state index contributed by atoms with van der Waals surface area (Å²) in [7, 11) is 0. The standard InChI is InChI=1S/C39H58N6O.C10H14.C2H6/c46-39(40-22-10-24-42-27-20-36(21-28-42)44-25-6-3-7-26-44)38-15-9-14-37(41-38)34-16-18-35(19-17-34)45-31-29-43(30-32-45)23-5-2-1-4-11-33-12-8-13-33;1-9(2)8-10-6-4-3-5-7-10;1-2/h9,11,14-19,36H,1-8,10,12-13,20-32H2,(H,40,46);3-7,9H,8H2,1-2H3;1-2H3. The van der Waals surface area contributed by atoms with Gasteiger partial charge in [-0.25, -0.2) is 4.98 Å². The van der Waals surface area contributed by atoms with Gasteiger partial charge in [0, 0.05) is 50.0 Å². The maximum Gasteiger partial charge on any atom is 0.269 e. The summed E-state index contributed by atoms with van der Waals surface area (Å²) in [6.45, 7) is 20.9. The van der Waals surface area contributed by atoms with Crippen LogP contribution < -0.4 is 10.2 Å². The number of unbranched alkanes of at least 4 members (excludes halogenated alkanes) is 3. The molecule has 0 spiro atoms. The van der Waals surface area contributed by atoms with Gasteiger partial charge in [-0.3, -0.25) is 9.69 Å². The summed E-state index contributed by atoms with van der Waals surface area (Å²) in [4.78, 5) is 28.1. The molecule has 7 heteroatoms. The van der Waals surface area contributed by atoms with Gasteiger partial charge in [0.1, 0.15) is 5.69 Å². The van der Waals surface area contributed by atoms with E-state index in [0.29, 0.717) is 12.2 Å². The number of hydrogen-bond donors (Lipinski definition) is 1. The number of nitrogens with one attached hydrogen (secondary N) is 1. The van der Waals surface area contributed by atoms with Crippen molar-refractivity contribution in [2.24, 2.45) is 5.92 Å². The summed E-state index contributed by atoms with van der Waals surface area (Å²) in [5.74, 6) is 0.688. The van der Waals surface area contributed by atoms with Gasteiger partial charge < -0.3 is 20.0 Å². The smallest absolute Gasteiger partial charge is 0.269 e. The summed E-state index contributed by atoms with van der Waals surface area (Å²) < 4.78 is 0. The molecule has 3 saturated heterocycles. The number of allylic oxidation sites excluding steroid dienone is 2. The van der Waals surface area contributed by atoms with Crippen molar-refractivity contribution in [3.8, 4) is 11.3 Å². The monoisotopic (exact) mass is 791 g/mol. The molecule has 7 nitrogen and oxygen atoms in total. The Morgan fingerprint density at radius 1 is 0.724 bits per heavy atom. The van der Waals surface area contributed by atoms with Gasteiger partial charge in [-0.1, -0.05) is 101 Å². The topological polar surface area (TPSA) is 55.0 Å². The molecule has 2 aromatic carbocycles. The number of pyridine rings is 1. The Kier molecular flexibility index (Phi) is 20.3. The zero-order valence-electron chi connectivity index (χ0n) is 37.0. The molecule has 1 aliphatic carbocycles. The lowest BCUT2D eigenvalue weighted by Crippen LogP contribution is -2.47. The van der Waals surface area contributed by atoms with Gasteiger partial charge in [-0.15, -0.1) is 0 Å². The zero-order chi connectivity index (χ0) is 40.8. The number of anilines is 1. The van der Waals surface area contributed by atoms with Crippen molar-refractivity contribution in [1.82, 2.24) is 25.0 Å². The molecular formula is C51H78N6O. The quantitative estimate of drug-likeness (QED) is 0.115. The van der Waals surface area contributed by atoms with E-state index in [1.165, 1.54) is 127 Å². The molecule has 3 aromatic rings. The van der Waals surface area contributed by atoms with Gasteiger partial charge in [0.05, 0.1) is 5.69 Å². The van der Waals surface area contributed by atoms with Gasteiger partial charge in [0.15, 0.2) is 0 Å². The Labute approximate surface area is 353 Å². The number of amides is 1. The molecule has 1 amide bonds. The van der Waals surface area contributed by atoms with Crippen molar-refractivity contribution in [3.05, 3.63) is 95.7 Å². The highest BCUT2D eigenvalue weighted by Crippen LogP contribution is 2.26. The number of carbonyl (C=O) groups is 1. The average Bonchev–Trinajstić information content (AvgIpc) is 3.26. The Bertz CT molecular complexity index is 1580. The molecule has 318 valence electrons. The molecule has 4 fully saturated rings. The van der Waals surface area contributed by atoms with Crippen LogP contribution in [0.15, 0.2) is 84.4 Å². The van der Waals surface area contributed by atoms with E-state index in [1.54, 1.807) is 5.57 Å². The number of hydrogen-bond acceptors (Lipinski definition) is 6. The van der Waals surface area contributed by atoms with Crippen LogP contribution in [0.3, 0.4) is 0 Å². The highest BCUT2D eigenvalue weighted by molar-refractivity contribution is 5.92. The number of piperidine rings is 2. The molecule has 7 rings (SSSR count). The van der Waals surface area contributed by atoms with Gasteiger partial charge in [-0.2, -0.15) is 0 Å². The molecule has 4 heterocycles. The Balaban J connectivity index is 0.000000463. The van der Waals surface area contributed by atoms with E-state index in [0.717, 1.165) is 62.4 Å². The number of nitrogens with zero attached hydrogens (tertiary/aromatic N) is 5. The predicted octanol–water partition coefficient (Wildman–Crippen LogP) is 10.5. The summed E-state index contributed by atoms with van der Waals surface area (Å²) in [6, 6.07) is 25.9. The highest BCUT2D eigenvalue weighted by atomic mass is 16.1. The van der Waals surface area contributed by atoms with Gasteiger partial charge in [0.2, 0.25) is 0 Å². The third-order valence-corrected chi connectivity index (χ3v) is 12.4. The molecule has 4 aliphatic rings. The average molecular weight is 791 g/mol. The number of rotatable bonds is 16. The summed E-state index contributed by atoms with van der Waals surface area (Å²) in [5.41, 5.74) is 6.82. The first-order valence-electron chi connectivity index (χ1n) is 23.5. The second kappa shape index (κ2) is 25.9. The van der Waals surface area contributed by atoms with Crippen molar-refractivity contribution in [3.63, 3.8) is 0 Å². The SMILES string of the molecule is CC.CC(C)Cc1ccccc1.O=C(NCCCN1CCC(N2CCCCC2)CC1)c1cccc(-c2ccc(N3CCN(CCCCCC=C4CCC4)CC3)cc2)n1. The van der Waals surface area contributed by atoms with Crippen LogP contribution in [0, 0.1) is 5.92 Å². The number of aromatic nitrogens is 1. The lowest BCUT2D eigenvalue weighted by atomic mass is 9.91. The van der Waals surface area contributed by atoms with Crippen LogP contribution in [-0.2, 0) is 6.42 Å². The van der Waals surface area contributed by atoms with E-state index in [-0.39, 0.29) is 5.91 Å². The maximum absolute atomic E-state index is 12.9. The maximum atomic E-state index is 12.9. The van der Waals surface area contributed by atoms with E-state index < -0.39 is 0 Å². The molecule has 1 aromatic heterocycles. The molecule has 58 heavy (non-hydrogen) atoms. The van der Waals surface area contributed by atoms with Crippen molar-refractivity contribution in [1.29, 1.82) is 0 Å². The zero-order valence-corrected chi connectivity index (χ0v) is 37.0. The summed E-state index contributed by atoms with van der Waals surface area (Å²) in [5, 5.41) is 3.11. The number of carbonyl (C=O) groups excluding carboxylic acids is 1. The first-order chi connectivity index (χ1) is 28.5. The van der Waals surface area contributed by atoms with E-state index in [2.05, 4.69) is 99.4 Å². The summed E-state index contributed by atoms with van der Waals surface area (Å²) in [6.07, 6.45) is 20.8. The molecule has 1 N–H and O–H groups in total. The predicted molar refractivity (Wildman–Crippen MR) is 247 cm³/mol. The Hall–Kier alpha value is -3.52. The van der Waals surface area contributed by atoms with Crippen molar-refractivity contribution in [2.45, 2.75) is 124 Å². The Morgan fingerprint density at radius 3 is 2.09 bits per heavy atom. The second-order valence-electron chi connectivity index (χ2n) is 17.2.